The van der Waals surface area contributed by atoms with Crippen LogP contribution in [0.2, 0.25) is 0 Å². The van der Waals surface area contributed by atoms with E-state index in [0.717, 1.165) is 5.56 Å². The smallest absolute Gasteiger partial charge is 0.258 e. The number of thioether (sulfide) groups is 1. The number of rotatable bonds is 5. The van der Waals surface area contributed by atoms with Gasteiger partial charge in [0, 0.05) is 26.0 Å². The van der Waals surface area contributed by atoms with E-state index in [1.807, 2.05) is 25.3 Å². The molecule has 3 aromatic rings. The van der Waals surface area contributed by atoms with Crippen LogP contribution in [0.15, 0.2) is 52.4 Å². The Morgan fingerprint density at radius 1 is 1.28 bits per heavy atom. The van der Waals surface area contributed by atoms with Crippen LogP contribution in [0.3, 0.4) is 0 Å². The monoisotopic (exact) mass is 354 g/mol. The van der Waals surface area contributed by atoms with Crippen molar-refractivity contribution in [2.24, 2.45) is 0 Å². The summed E-state index contributed by atoms with van der Waals surface area (Å²) in [5.74, 6) is 0.955. The second-order valence-electron chi connectivity index (χ2n) is 5.52. The van der Waals surface area contributed by atoms with E-state index in [9.17, 15) is 4.79 Å². The number of aryl methyl sites for hydroxylation is 1. The molecule has 0 radical (unpaired) electrons. The second-order valence-corrected chi connectivity index (χ2v) is 6.31. The van der Waals surface area contributed by atoms with Gasteiger partial charge in [0.2, 0.25) is 0 Å². The maximum atomic E-state index is 12.9. The molecule has 3 heterocycles. The van der Waals surface area contributed by atoms with Gasteiger partial charge in [-0.25, -0.2) is 9.97 Å². The normalized spacial score (nSPS) is 10.7. The molecule has 3 rings (SSSR count). The summed E-state index contributed by atoms with van der Waals surface area (Å²) in [4.78, 5) is 27.6. The average molecular weight is 354 g/mol. The van der Waals surface area contributed by atoms with Crippen molar-refractivity contribution in [1.82, 2.24) is 19.9 Å². The third kappa shape index (κ3) is 3.71. The summed E-state index contributed by atoms with van der Waals surface area (Å²) in [5.41, 5.74) is 2.12. The van der Waals surface area contributed by atoms with Crippen molar-refractivity contribution in [1.29, 1.82) is 0 Å². The minimum atomic E-state index is -0.114. The van der Waals surface area contributed by atoms with Gasteiger partial charge in [0.1, 0.15) is 5.03 Å². The first-order chi connectivity index (χ1) is 12.1. The molecule has 0 N–H and O–H groups in total. The Balaban J connectivity index is 1.91. The van der Waals surface area contributed by atoms with Crippen molar-refractivity contribution in [3.8, 4) is 11.6 Å². The van der Waals surface area contributed by atoms with Crippen LogP contribution in [-0.2, 0) is 6.54 Å². The summed E-state index contributed by atoms with van der Waals surface area (Å²) >= 11 is 1.42. The van der Waals surface area contributed by atoms with Crippen molar-refractivity contribution in [3.63, 3.8) is 0 Å². The SMILES string of the molecule is CSc1nc(-c2ccco2)nc(C)c1C(=O)N(C)Cc1cccnc1. The van der Waals surface area contributed by atoms with E-state index in [0.29, 0.717) is 34.4 Å². The lowest BCUT2D eigenvalue weighted by Gasteiger charge is -2.19. The van der Waals surface area contributed by atoms with Crippen molar-refractivity contribution in [2.45, 2.75) is 18.5 Å². The maximum absolute atomic E-state index is 12.9. The Hall–Kier alpha value is -2.67. The van der Waals surface area contributed by atoms with Gasteiger partial charge in [-0.1, -0.05) is 6.07 Å². The van der Waals surface area contributed by atoms with Crippen LogP contribution in [0.4, 0.5) is 0 Å². The van der Waals surface area contributed by atoms with Crippen molar-refractivity contribution >= 4 is 17.7 Å². The first-order valence-corrected chi connectivity index (χ1v) is 8.93. The third-order valence-corrected chi connectivity index (χ3v) is 4.38. The lowest BCUT2D eigenvalue weighted by atomic mass is 10.2. The molecule has 0 aliphatic carbocycles. The van der Waals surface area contributed by atoms with E-state index in [-0.39, 0.29) is 5.91 Å². The lowest BCUT2D eigenvalue weighted by molar-refractivity contribution is 0.0779. The number of aromatic nitrogens is 3. The quantitative estimate of drug-likeness (QED) is 0.516. The van der Waals surface area contributed by atoms with Crippen LogP contribution in [-0.4, -0.2) is 39.1 Å². The van der Waals surface area contributed by atoms with Gasteiger partial charge < -0.3 is 9.32 Å². The van der Waals surface area contributed by atoms with Crippen molar-refractivity contribution < 1.29 is 9.21 Å². The van der Waals surface area contributed by atoms with E-state index in [1.54, 1.807) is 42.7 Å². The van der Waals surface area contributed by atoms with E-state index >= 15 is 0 Å². The molecular formula is C18H18N4O2S. The van der Waals surface area contributed by atoms with Gasteiger partial charge >= 0.3 is 0 Å². The van der Waals surface area contributed by atoms with Gasteiger partial charge in [-0.2, -0.15) is 0 Å². The molecule has 0 saturated heterocycles. The highest BCUT2D eigenvalue weighted by Crippen LogP contribution is 2.26. The van der Waals surface area contributed by atoms with Crippen LogP contribution >= 0.6 is 11.8 Å². The second kappa shape index (κ2) is 7.48. The molecule has 0 spiro atoms. The molecular weight excluding hydrogens is 336 g/mol. The first-order valence-electron chi connectivity index (χ1n) is 7.71. The van der Waals surface area contributed by atoms with Gasteiger partial charge in [0.15, 0.2) is 11.6 Å². The van der Waals surface area contributed by atoms with E-state index in [2.05, 4.69) is 15.0 Å². The summed E-state index contributed by atoms with van der Waals surface area (Å²) in [6.07, 6.45) is 6.93. The zero-order valence-corrected chi connectivity index (χ0v) is 15.1. The highest BCUT2D eigenvalue weighted by Gasteiger charge is 2.22. The Morgan fingerprint density at radius 3 is 2.76 bits per heavy atom. The van der Waals surface area contributed by atoms with Crippen LogP contribution in [0.25, 0.3) is 11.6 Å². The minimum Gasteiger partial charge on any atom is -0.461 e. The van der Waals surface area contributed by atoms with Crippen LogP contribution in [0.1, 0.15) is 21.6 Å². The largest absolute Gasteiger partial charge is 0.461 e. The van der Waals surface area contributed by atoms with Crippen LogP contribution in [0.5, 0.6) is 0 Å². The van der Waals surface area contributed by atoms with Gasteiger partial charge in [-0.15, -0.1) is 11.8 Å². The first kappa shape index (κ1) is 17.2. The molecule has 1 amide bonds. The van der Waals surface area contributed by atoms with Gasteiger partial charge in [0.25, 0.3) is 5.91 Å². The zero-order valence-electron chi connectivity index (χ0n) is 14.3. The van der Waals surface area contributed by atoms with Crippen LogP contribution < -0.4 is 0 Å². The molecule has 7 heteroatoms. The highest BCUT2D eigenvalue weighted by atomic mass is 32.2. The summed E-state index contributed by atoms with van der Waals surface area (Å²) in [6, 6.07) is 7.38. The molecule has 3 aromatic heterocycles. The molecule has 25 heavy (non-hydrogen) atoms. The fourth-order valence-electron chi connectivity index (χ4n) is 2.48. The number of carbonyl (C=O) groups is 1. The van der Waals surface area contributed by atoms with Crippen LogP contribution in [0, 0.1) is 6.92 Å². The fraction of sp³-hybridized carbons (Fsp3) is 0.222. The molecule has 0 saturated carbocycles. The summed E-state index contributed by atoms with van der Waals surface area (Å²) < 4.78 is 5.36. The molecule has 0 atom stereocenters. The Labute approximate surface area is 150 Å². The molecule has 0 bridgehead atoms. The summed E-state index contributed by atoms with van der Waals surface area (Å²) in [7, 11) is 1.76. The molecule has 128 valence electrons. The predicted octanol–water partition coefficient (Wildman–Crippen LogP) is 3.43. The molecule has 0 aliphatic heterocycles. The molecule has 0 aromatic carbocycles. The number of amides is 1. The van der Waals surface area contributed by atoms with Crippen molar-refractivity contribution in [3.05, 3.63) is 59.7 Å². The molecule has 0 aliphatic rings. The summed E-state index contributed by atoms with van der Waals surface area (Å²) in [6.45, 7) is 2.29. The molecule has 0 unspecified atom stereocenters. The number of nitrogens with zero attached hydrogens (tertiary/aromatic N) is 4. The Kier molecular flexibility index (Phi) is 5.14. The Bertz CT molecular complexity index is 866. The van der Waals surface area contributed by atoms with Crippen molar-refractivity contribution in [2.75, 3.05) is 13.3 Å². The van der Waals surface area contributed by atoms with E-state index in [1.165, 1.54) is 11.8 Å². The van der Waals surface area contributed by atoms with E-state index in [4.69, 9.17) is 4.42 Å². The minimum absolute atomic E-state index is 0.114. The summed E-state index contributed by atoms with van der Waals surface area (Å²) in [5, 5.41) is 0.641. The number of carbonyl (C=O) groups excluding carboxylic acids is 1. The number of hydrogen-bond donors (Lipinski definition) is 0. The zero-order chi connectivity index (χ0) is 17.8. The standard InChI is InChI=1S/C18H18N4O2S/c1-12-15(18(23)22(2)11-13-6-4-8-19-10-13)17(25-3)21-16(20-12)14-7-5-9-24-14/h4-10H,11H2,1-3H3. The Morgan fingerprint density at radius 2 is 2.12 bits per heavy atom. The van der Waals surface area contributed by atoms with E-state index < -0.39 is 0 Å². The average Bonchev–Trinajstić information content (AvgIpc) is 3.16. The topological polar surface area (TPSA) is 72.1 Å². The number of pyridine rings is 1. The molecule has 0 fully saturated rings. The lowest BCUT2D eigenvalue weighted by Crippen LogP contribution is -2.28. The maximum Gasteiger partial charge on any atom is 0.258 e. The fourth-order valence-corrected chi connectivity index (χ4v) is 3.10. The predicted molar refractivity (Wildman–Crippen MR) is 96.3 cm³/mol. The number of hydrogen-bond acceptors (Lipinski definition) is 6. The third-order valence-electron chi connectivity index (χ3n) is 3.69. The highest BCUT2D eigenvalue weighted by molar-refractivity contribution is 7.98. The molecule has 6 nitrogen and oxygen atoms in total. The van der Waals surface area contributed by atoms with Gasteiger partial charge in [-0.3, -0.25) is 9.78 Å². The number of furan rings is 1. The van der Waals surface area contributed by atoms with Gasteiger partial charge in [-0.05, 0) is 36.9 Å². The van der Waals surface area contributed by atoms with Gasteiger partial charge in [0.05, 0.1) is 17.5 Å².